The summed E-state index contributed by atoms with van der Waals surface area (Å²) in [5.74, 6) is -0.345. The lowest BCUT2D eigenvalue weighted by atomic mass is 10.0. The summed E-state index contributed by atoms with van der Waals surface area (Å²) in [5, 5.41) is 9.59. The Balaban J connectivity index is 1.73. The van der Waals surface area contributed by atoms with Crippen molar-refractivity contribution in [2.75, 3.05) is 0 Å². The maximum Gasteiger partial charge on any atom is 0.291 e. The zero-order valence-electron chi connectivity index (χ0n) is 15.4. The number of rotatable bonds is 5. The van der Waals surface area contributed by atoms with Gasteiger partial charge in [0.25, 0.3) is 11.5 Å². The van der Waals surface area contributed by atoms with Crippen LogP contribution in [0.15, 0.2) is 83.7 Å². The third kappa shape index (κ3) is 3.74. The molecule has 3 aromatic carbocycles. The first-order valence-corrected chi connectivity index (χ1v) is 9.04. The maximum absolute atomic E-state index is 12.8. The molecule has 1 heterocycles. The molecule has 1 amide bonds. The molecule has 144 valence electrons. The van der Waals surface area contributed by atoms with Gasteiger partial charge in [-0.25, -0.2) is 5.48 Å². The smallest absolute Gasteiger partial charge is 0.291 e. The summed E-state index contributed by atoms with van der Waals surface area (Å²) in [7, 11) is 0. The molecule has 0 saturated heterocycles. The highest BCUT2D eigenvalue weighted by atomic mass is 16.5. The van der Waals surface area contributed by atoms with Gasteiger partial charge < -0.3 is 9.72 Å². The quantitative estimate of drug-likeness (QED) is 0.358. The van der Waals surface area contributed by atoms with Crippen molar-refractivity contribution in [3.63, 3.8) is 0 Å². The van der Waals surface area contributed by atoms with Gasteiger partial charge in [0.2, 0.25) is 0 Å². The van der Waals surface area contributed by atoms with Gasteiger partial charge in [0.1, 0.15) is 6.61 Å². The molecule has 0 fully saturated rings. The molecule has 0 unspecified atom stereocenters. The molecule has 3 N–H and O–H groups in total. The number of hydrogen-bond acceptors (Lipinski definition) is 4. The summed E-state index contributed by atoms with van der Waals surface area (Å²) in [5.41, 5.74) is 4.76. The van der Waals surface area contributed by atoms with Gasteiger partial charge in [0, 0.05) is 22.0 Å². The van der Waals surface area contributed by atoms with Crippen LogP contribution in [0.2, 0.25) is 0 Å². The van der Waals surface area contributed by atoms with Crippen LogP contribution in [0.1, 0.15) is 15.9 Å². The van der Waals surface area contributed by atoms with Gasteiger partial charge in [0.15, 0.2) is 5.75 Å². The van der Waals surface area contributed by atoms with Crippen LogP contribution in [0.5, 0.6) is 5.75 Å². The van der Waals surface area contributed by atoms with Gasteiger partial charge in [-0.3, -0.25) is 14.8 Å². The molecule has 0 aliphatic heterocycles. The third-order valence-electron chi connectivity index (χ3n) is 4.64. The van der Waals surface area contributed by atoms with Crippen molar-refractivity contribution in [1.29, 1.82) is 0 Å². The predicted molar refractivity (Wildman–Crippen MR) is 110 cm³/mol. The van der Waals surface area contributed by atoms with Crippen LogP contribution in [-0.2, 0) is 6.61 Å². The normalized spacial score (nSPS) is 10.7. The number of nitrogens with one attached hydrogen (secondary N) is 2. The van der Waals surface area contributed by atoms with Crippen LogP contribution in [-0.4, -0.2) is 16.1 Å². The number of ether oxygens (including phenoxy) is 1. The highest BCUT2D eigenvalue weighted by molar-refractivity contribution is 5.97. The lowest BCUT2D eigenvalue weighted by Gasteiger charge is -2.14. The maximum atomic E-state index is 12.8. The molecule has 0 bridgehead atoms. The number of H-pyrrole nitrogens is 1. The molecule has 6 nitrogen and oxygen atoms in total. The fourth-order valence-corrected chi connectivity index (χ4v) is 3.23. The molecular weight excluding hydrogens is 368 g/mol. The molecular formula is C23H18N2O4. The van der Waals surface area contributed by atoms with Crippen LogP contribution in [0.4, 0.5) is 0 Å². The fourth-order valence-electron chi connectivity index (χ4n) is 3.23. The molecule has 4 aromatic rings. The number of carbonyl (C=O) groups excluding carboxylic acids is 1. The Labute approximate surface area is 166 Å². The number of para-hydroxylation sites is 1. The van der Waals surface area contributed by atoms with E-state index in [1.165, 1.54) is 0 Å². The summed E-state index contributed by atoms with van der Waals surface area (Å²) in [4.78, 5) is 27.1. The van der Waals surface area contributed by atoms with E-state index in [1.807, 2.05) is 54.6 Å². The summed E-state index contributed by atoms with van der Waals surface area (Å²) in [6.45, 7) is 0.155. The Morgan fingerprint density at radius 3 is 2.34 bits per heavy atom. The lowest BCUT2D eigenvalue weighted by molar-refractivity contribution is 0.0706. The first-order valence-electron chi connectivity index (χ1n) is 9.04. The summed E-state index contributed by atoms with van der Waals surface area (Å²) >= 11 is 0. The van der Waals surface area contributed by atoms with Crippen molar-refractivity contribution < 1.29 is 14.7 Å². The number of aromatic nitrogens is 1. The SMILES string of the molecule is O=C(NO)c1ccc(COc2c(-c3ccccc3)c3ccccc3[nH]c2=O)cc1. The average molecular weight is 386 g/mol. The minimum absolute atomic E-state index is 0.155. The minimum Gasteiger partial charge on any atom is -0.483 e. The van der Waals surface area contributed by atoms with Gasteiger partial charge in [-0.15, -0.1) is 0 Å². The third-order valence-corrected chi connectivity index (χ3v) is 4.64. The van der Waals surface area contributed by atoms with E-state index in [0.717, 1.165) is 27.6 Å². The highest BCUT2D eigenvalue weighted by Gasteiger charge is 2.16. The van der Waals surface area contributed by atoms with Crippen molar-refractivity contribution in [3.05, 3.63) is 100 Å². The van der Waals surface area contributed by atoms with Gasteiger partial charge >= 0.3 is 0 Å². The summed E-state index contributed by atoms with van der Waals surface area (Å²) in [6.07, 6.45) is 0. The van der Waals surface area contributed by atoms with E-state index in [2.05, 4.69) is 4.98 Å². The monoisotopic (exact) mass is 386 g/mol. The largest absolute Gasteiger partial charge is 0.483 e. The molecule has 29 heavy (non-hydrogen) atoms. The van der Waals surface area contributed by atoms with Crippen molar-refractivity contribution in [3.8, 4) is 16.9 Å². The molecule has 4 rings (SSSR count). The predicted octanol–water partition coefficient (Wildman–Crippen LogP) is 3.89. The van der Waals surface area contributed by atoms with Crippen molar-refractivity contribution in [2.24, 2.45) is 0 Å². The van der Waals surface area contributed by atoms with Gasteiger partial charge in [-0.05, 0) is 29.3 Å². The lowest BCUT2D eigenvalue weighted by Crippen LogP contribution is -2.18. The number of pyridine rings is 1. The Hall–Kier alpha value is -3.90. The van der Waals surface area contributed by atoms with Gasteiger partial charge in [0.05, 0.1) is 0 Å². The second-order valence-corrected chi connectivity index (χ2v) is 6.50. The first kappa shape index (κ1) is 18.5. The molecule has 0 atom stereocenters. The number of hydroxylamine groups is 1. The van der Waals surface area contributed by atoms with Crippen LogP contribution in [0, 0.1) is 0 Å². The van der Waals surface area contributed by atoms with E-state index in [4.69, 9.17) is 9.94 Å². The number of carbonyl (C=O) groups is 1. The molecule has 0 aliphatic carbocycles. The molecule has 0 spiro atoms. The number of aromatic amines is 1. The molecule has 0 radical (unpaired) electrons. The van der Waals surface area contributed by atoms with Crippen molar-refractivity contribution in [1.82, 2.24) is 10.5 Å². The van der Waals surface area contributed by atoms with E-state index < -0.39 is 5.91 Å². The number of benzene rings is 3. The Bertz CT molecular complexity index is 1220. The Morgan fingerprint density at radius 1 is 0.931 bits per heavy atom. The molecule has 0 aliphatic rings. The molecule has 0 saturated carbocycles. The average Bonchev–Trinajstić information content (AvgIpc) is 2.77. The van der Waals surface area contributed by atoms with Crippen LogP contribution < -0.4 is 15.8 Å². The van der Waals surface area contributed by atoms with Gasteiger partial charge in [-0.1, -0.05) is 60.7 Å². The first-order chi connectivity index (χ1) is 14.2. The molecule has 6 heteroatoms. The van der Waals surface area contributed by atoms with Crippen LogP contribution in [0.25, 0.3) is 22.0 Å². The summed E-state index contributed by atoms with van der Waals surface area (Å²) < 4.78 is 5.95. The van der Waals surface area contributed by atoms with Crippen molar-refractivity contribution in [2.45, 2.75) is 6.61 Å². The fraction of sp³-hybridized carbons (Fsp3) is 0.0435. The van der Waals surface area contributed by atoms with Gasteiger partial charge in [-0.2, -0.15) is 0 Å². The van der Waals surface area contributed by atoms with E-state index in [9.17, 15) is 9.59 Å². The Kier molecular flexibility index (Phi) is 5.09. The second-order valence-electron chi connectivity index (χ2n) is 6.50. The standard InChI is InChI=1S/C23H18N2O4/c26-22(25-28)17-12-10-15(11-13-17)14-29-21-20(16-6-2-1-3-7-16)18-8-4-5-9-19(18)24-23(21)27/h1-13,28H,14H2,(H,24,27)(H,25,26). The highest BCUT2D eigenvalue weighted by Crippen LogP contribution is 2.33. The topological polar surface area (TPSA) is 91.4 Å². The number of amides is 1. The minimum atomic E-state index is -0.588. The van der Waals surface area contributed by atoms with Crippen molar-refractivity contribution >= 4 is 16.8 Å². The second kappa shape index (κ2) is 8.00. The van der Waals surface area contributed by atoms with E-state index in [-0.39, 0.29) is 17.9 Å². The molecule has 1 aromatic heterocycles. The number of fused-ring (bicyclic) bond motifs is 1. The van der Waals surface area contributed by atoms with E-state index in [1.54, 1.807) is 29.7 Å². The zero-order valence-corrected chi connectivity index (χ0v) is 15.4. The van der Waals surface area contributed by atoms with E-state index >= 15 is 0 Å². The Morgan fingerprint density at radius 2 is 1.62 bits per heavy atom. The summed E-state index contributed by atoms with van der Waals surface area (Å²) in [6, 6.07) is 23.8. The van der Waals surface area contributed by atoms with E-state index in [0.29, 0.717) is 5.56 Å². The van der Waals surface area contributed by atoms with Crippen LogP contribution >= 0.6 is 0 Å². The van der Waals surface area contributed by atoms with Crippen LogP contribution in [0.3, 0.4) is 0 Å². The zero-order chi connectivity index (χ0) is 20.2. The number of hydrogen-bond donors (Lipinski definition) is 3.